The van der Waals surface area contributed by atoms with Crippen LogP contribution in [-0.4, -0.2) is 36.6 Å². The standard InChI is InChI=1S/C13H24N2/c1-3-11-4-2-10-15(13(11)5-1)12-6-8-14-9-7-12/h11-14H,1-10H2. The number of fused-ring (bicyclic) bond motifs is 1. The monoisotopic (exact) mass is 208 g/mol. The van der Waals surface area contributed by atoms with Crippen molar-refractivity contribution in [3.8, 4) is 0 Å². The van der Waals surface area contributed by atoms with Gasteiger partial charge in [-0.25, -0.2) is 0 Å². The van der Waals surface area contributed by atoms with Gasteiger partial charge in [0, 0.05) is 12.1 Å². The Bertz CT molecular complexity index is 211. The molecule has 0 amide bonds. The summed E-state index contributed by atoms with van der Waals surface area (Å²) in [5.41, 5.74) is 0. The second-order valence-electron chi connectivity index (χ2n) is 5.62. The van der Waals surface area contributed by atoms with Crippen LogP contribution in [0.1, 0.15) is 44.9 Å². The second-order valence-corrected chi connectivity index (χ2v) is 5.62. The second kappa shape index (κ2) is 4.42. The normalized spacial score (nSPS) is 39.2. The summed E-state index contributed by atoms with van der Waals surface area (Å²) in [4.78, 5) is 2.89. The third-order valence-electron chi connectivity index (χ3n) is 4.81. The van der Waals surface area contributed by atoms with Crippen LogP contribution in [-0.2, 0) is 0 Å². The van der Waals surface area contributed by atoms with Crippen LogP contribution in [0.5, 0.6) is 0 Å². The van der Waals surface area contributed by atoms with Gasteiger partial charge in [-0.1, -0.05) is 6.42 Å². The summed E-state index contributed by atoms with van der Waals surface area (Å²) in [6.07, 6.45) is 10.3. The summed E-state index contributed by atoms with van der Waals surface area (Å²) in [6, 6.07) is 1.89. The van der Waals surface area contributed by atoms with E-state index in [9.17, 15) is 0 Å². The van der Waals surface area contributed by atoms with Crippen LogP contribution >= 0.6 is 0 Å². The molecule has 2 unspecified atom stereocenters. The van der Waals surface area contributed by atoms with E-state index in [4.69, 9.17) is 0 Å². The lowest BCUT2D eigenvalue weighted by Crippen LogP contribution is -2.51. The Morgan fingerprint density at radius 2 is 1.67 bits per heavy atom. The molecular weight excluding hydrogens is 184 g/mol. The SMILES string of the molecule is C1CC2CCCN(C3CCNCC3)C2C1. The smallest absolute Gasteiger partial charge is 0.0126 e. The molecule has 0 radical (unpaired) electrons. The predicted molar refractivity (Wildman–Crippen MR) is 63.0 cm³/mol. The van der Waals surface area contributed by atoms with Crippen molar-refractivity contribution in [1.82, 2.24) is 10.2 Å². The van der Waals surface area contributed by atoms with Crippen molar-refractivity contribution in [2.75, 3.05) is 19.6 Å². The van der Waals surface area contributed by atoms with Crippen LogP contribution in [0.2, 0.25) is 0 Å². The minimum absolute atomic E-state index is 0.914. The average molecular weight is 208 g/mol. The van der Waals surface area contributed by atoms with Crippen LogP contribution in [0.3, 0.4) is 0 Å². The van der Waals surface area contributed by atoms with E-state index in [1.165, 1.54) is 64.6 Å². The average Bonchev–Trinajstić information content (AvgIpc) is 2.78. The van der Waals surface area contributed by atoms with E-state index in [2.05, 4.69) is 10.2 Å². The van der Waals surface area contributed by atoms with Gasteiger partial charge in [0.2, 0.25) is 0 Å². The molecule has 0 aromatic heterocycles. The predicted octanol–water partition coefficient (Wildman–Crippen LogP) is 2.00. The van der Waals surface area contributed by atoms with E-state index < -0.39 is 0 Å². The van der Waals surface area contributed by atoms with Crippen molar-refractivity contribution in [3.05, 3.63) is 0 Å². The van der Waals surface area contributed by atoms with Gasteiger partial charge in [-0.15, -0.1) is 0 Å². The zero-order chi connectivity index (χ0) is 10.1. The van der Waals surface area contributed by atoms with Crippen molar-refractivity contribution in [3.63, 3.8) is 0 Å². The first-order valence-corrected chi connectivity index (χ1v) is 6.91. The summed E-state index contributed by atoms with van der Waals surface area (Å²) < 4.78 is 0. The summed E-state index contributed by atoms with van der Waals surface area (Å²) >= 11 is 0. The highest BCUT2D eigenvalue weighted by Crippen LogP contribution is 2.38. The third-order valence-corrected chi connectivity index (χ3v) is 4.81. The lowest BCUT2D eigenvalue weighted by atomic mass is 9.89. The molecule has 2 aliphatic heterocycles. The maximum absolute atomic E-state index is 3.49. The quantitative estimate of drug-likeness (QED) is 0.709. The van der Waals surface area contributed by atoms with Gasteiger partial charge in [-0.3, -0.25) is 4.90 Å². The van der Waals surface area contributed by atoms with Gasteiger partial charge in [-0.2, -0.15) is 0 Å². The van der Waals surface area contributed by atoms with Gasteiger partial charge < -0.3 is 5.32 Å². The van der Waals surface area contributed by atoms with Gasteiger partial charge in [-0.05, 0) is 64.1 Å². The van der Waals surface area contributed by atoms with E-state index >= 15 is 0 Å². The Morgan fingerprint density at radius 3 is 2.53 bits per heavy atom. The molecule has 1 saturated carbocycles. The Hall–Kier alpha value is -0.0800. The van der Waals surface area contributed by atoms with E-state index in [1.54, 1.807) is 0 Å². The molecule has 2 atom stereocenters. The fourth-order valence-corrected chi connectivity index (χ4v) is 4.08. The zero-order valence-corrected chi connectivity index (χ0v) is 9.75. The van der Waals surface area contributed by atoms with E-state index in [0.717, 1.165) is 18.0 Å². The van der Waals surface area contributed by atoms with Crippen molar-refractivity contribution in [2.24, 2.45) is 5.92 Å². The van der Waals surface area contributed by atoms with E-state index in [-0.39, 0.29) is 0 Å². The van der Waals surface area contributed by atoms with Crippen LogP contribution in [0.25, 0.3) is 0 Å². The first kappa shape index (κ1) is 10.1. The fraction of sp³-hybridized carbons (Fsp3) is 1.00. The number of rotatable bonds is 1. The summed E-state index contributed by atoms with van der Waals surface area (Å²) in [7, 11) is 0. The molecule has 0 bridgehead atoms. The lowest BCUT2D eigenvalue weighted by Gasteiger charge is -2.44. The molecule has 2 nitrogen and oxygen atoms in total. The Balaban J connectivity index is 1.67. The van der Waals surface area contributed by atoms with Crippen LogP contribution in [0.15, 0.2) is 0 Å². The van der Waals surface area contributed by atoms with Crippen molar-refractivity contribution in [2.45, 2.75) is 57.0 Å². The van der Waals surface area contributed by atoms with Crippen molar-refractivity contribution < 1.29 is 0 Å². The summed E-state index contributed by atoms with van der Waals surface area (Å²) in [5, 5.41) is 3.49. The minimum Gasteiger partial charge on any atom is -0.317 e. The Labute approximate surface area is 93.4 Å². The number of piperidine rings is 2. The van der Waals surface area contributed by atoms with Gasteiger partial charge in [0.05, 0.1) is 0 Å². The molecule has 1 aliphatic carbocycles. The highest BCUT2D eigenvalue weighted by Gasteiger charge is 2.38. The summed E-state index contributed by atoms with van der Waals surface area (Å²) in [5.74, 6) is 1.06. The number of nitrogens with one attached hydrogen (secondary N) is 1. The largest absolute Gasteiger partial charge is 0.317 e. The topological polar surface area (TPSA) is 15.3 Å². The number of hydrogen-bond donors (Lipinski definition) is 1. The molecule has 2 heteroatoms. The van der Waals surface area contributed by atoms with E-state index in [0.29, 0.717) is 0 Å². The first-order chi connectivity index (χ1) is 7.45. The van der Waals surface area contributed by atoms with Crippen molar-refractivity contribution >= 4 is 0 Å². The van der Waals surface area contributed by atoms with Gasteiger partial charge in [0.15, 0.2) is 0 Å². The minimum atomic E-state index is 0.914. The van der Waals surface area contributed by atoms with Crippen LogP contribution in [0.4, 0.5) is 0 Å². The molecule has 86 valence electrons. The van der Waals surface area contributed by atoms with E-state index in [1.807, 2.05) is 0 Å². The highest BCUT2D eigenvalue weighted by molar-refractivity contribution is 4.93. The first-order valence-electron chi connectivity index (χ1n) is 6.91. The van der Waals surface area contributed by atoms with Gasteiger partial charge in [0.25, 0.3) is 0 Å². The molecule has 2 saturated heterocycles. The number of likely N-dealkylation sites (tertiary alicyclic amines) is 1. The maximum atomic E-state index is 3.49. The van der Waals surface area contributed by atoms with Crippen LogP contribution in [0, 0.1) is 5.92 Å². The lowest BCUT2D eigenvalue weighted by molar-refractivity contribution is 0.0529. The molecule has 15 heavy (non-hydrogen) atoms. The Morgan fingerprint density at radius 1 is 0.867 bits per heavy atom. The van der Waals surface area contributed by atoms with Crippen molar-refractivity contribution in [1.29, 1.82) is 0 Å². The zero-order valence-electron chi connectivity index (χ0n) is 9.75. The Kier molecular flexibility index (Phi) is 2.98. The highest BCUT2D eigenvalue weighted by atomic mass is 15.2. The fourth-order valence-electron chi connectivity index (χ4n) is 4.08. The molecular formula is C13H24N2. The third kappa shape index (κ3) is 1.94. The number of nitrogens with zero attached hydrogens (tertiary/aromatic N) is 1. The van der Waals surface area contributed by atoms with Gasteiger partial charge in [0.1, 0.15) is 0 Å². The molecule has 0 aromatic rings. The molecule has 0 aromatic carbocycles. The maximum Gasteiger partial charge on any atom is 0.0126 e. The van der Waals surface area contributed by atoms with Gasteiger partial charge >= 0.3 is 0 Å². The van der Waals surface area contributed by atoms with Crippen LogP contribution < -0.4 is 5.32 Å². The number of hydrogen-bond acceptors (Lipinski definition) is 2. The molecule has 3 aliphatic rings. The molecule has 3 rings (SSSR count). The molecule has 2 heterocycles. The molecule has 3 fully saturated rings. The molecule has 0 spiro atoms. The summed E-state index contributed by atoms with van der Waals surface area (Å²) in [6.45, 7) is 3.89. The molecule has 1 N–H and O–H groups in total.